The van der Waals surface area contributed by atoms with Crippen LogP contribution in [-0.4, -0.2) is 33.2 Å². The van der Waals surface area contributed by atoms with E-state index in [1.54, 1.807) is 0 Å². The molecule has 0 bridgehead atoms. The molecule has 0 atom stereocenters. The van der Waals surface area contributed by atoms with Gasteiger partial charge in [-0.2, -0.15) is 0 Å². The van der Waals surface area contributed by atoms with E-state index in [0.717, 1.165) is 7.11 Å². The highest BCUT2D eigenvalue weighted by atomic mass is 32.3. The van der Waals surface area contributed by atoms with Gasteiger partial charge in [-0.3, -0.25) is 4.18 Å². The van der Waals surface area contributed by atoms with Crippen LogP contribution in [0.2, 0.25) is 0 Å². The van der Waals surface area contributed by atoms with Crippen molar-refractivity contribution >= 4 is 40.4 Å². The van der Waals surface area contributed by atoms with E-state index in [-0.39, 0.29) is 0 Å². The highest BCUT2D eigenvalue weighted by Gasteiger charge is 2.07. The van der Waals surface area contributed by atoms with Crippen molar-refractivity contribution in [3.63, 3.8) is 0 Å². The van der Waals surface area contributed by atoms with E-state index in [9.17, 15) is 13.0 Å². The summed E-state index contributed by atoms with van der Waals surface area (Å²) in [6, 6.07) is 22.5. The minimum absolute atomic E-state index is 0.808. The Hall–Kier alpha value is -3.26. The predicted octanol–water partition coefficient (Wildman–Crippen LogP) is 15.7. The van der Waals surface area contributed by atoms with Crippen molar-refractivity contribution in [3.8, 4) is 0 Å². The lowest BCUT2D eigenvalue weighted by atomic mass is 10.0. The van der Waals surface area contributed by atoms with Gasteiger partial charge in [0.05, 0.1) is 7.11 Å². The van der Waals surface area contributed by atoms with Crippen molar-refractivity contribution in [2.75, 3.05) is 25.1 Å². The number of nitrogens with zero attached hydrogens (tertiary/aromatic N) is 2. The summed E-state index contributed by atoms with van der Waals surface area (Å²) in [5.74, 6) is 0. The third-order valence-electron chi connectivity index (χ3n) is 11.9. The Morgan fingerprint density at radius 1 is 0.452 bits per heavy atom. The topological polar surface area (TPSA) is 73.5 Å². The van der Waals surface area contributed by atoms with E-state index in [0.29, 0.717) is 0 Å². The zero-order valence-electron chi connectivity index (χ0n) is 39.9. The van der Waals surface area contributed by atoms with Crippen molar-refractivity contribution in [1.29, 1.82) is 0 Å². The highest BCUT2D eigenvalue weighted by Crippen LogP contribution is 2.21. The van der Waals surface area contributed by atoms with Crippen LogP contribution in [0.4, 0.5) is 5.69 Å². The second-order valence-electron chi connectivity index (χ2n) is 17.5. The lowest BCUT2D eigenvalue weighted by molar-refractivity contribution is -0.671. The molecular formula is C55H88N2O4S. The number of hydrogen-bond acceptors (Lipinski definition) is 5. The number of hydrogen-bond donors (Lipinski definition) is 0. The molecule has 0 N–H and O–H groups in total. The van der Waals surface area contributed by atoms with Crippen molar-refractivity contribution in [3.05, 3.63) is 95.3 Å². The van der Waals surface area contributed by atoms with Crippen LogP contribution in [0.25, 0.3) is 24.3 Å². The van der Waals surface area contributed by atoms with Gasteiger partial charge in [-0.25, -0.2) is 13.0 Å². The van der Waals surface area contributed by atoms with Crippen molar-refractivity contribution in [1.82, 2.24) is 0 Å². The maximum absolute atomic E-state index is 9.22. The third-order valence-corrected chi connectivity index (χ3v) is 12.3. The number of pyridine rings is 1. The van der Waals surface area contributed by atoms with Crippen LogP contribution in [0, 0.1) is 0 Å². The lowest BCUT2D eigenvalue weighted by Gasteiger charge is -2.25. The maximum atomic E-state index is 9.22. The quantitative estimate of drug-likeness (QED) is 0.0191. The summed E-state index contributed by atoms with van der Waals surface area (Å²) in [5, 5.41) is 0. The van der Waals surface area contributed by atoms with Crippen molar-refractivity contribution < 1.29 is 21.7 Å². The number of anilines is 1. The Bertz CT molecular complexity index is 1600. The Kier molecular flexibility index (Phi) is 32.9. The van der Waals surface area contributed by atoms with Crippen LogP contribution in [0.3, 0.4) is 0 Å². The monoisotopic (exact) mass is 873 g/mol. The summed E-state index contributed by atoms with van der Waals surface area (Å²) in [4.78, 5) is 2.69. The Morgan fingerprint density at radius 3 is 0.968 bits per heavy atom. The standard InChI is InChI=1S/C54H85N2.CH4O4S/c1-4-6-8-10-12-14-16-18-20-22-24-26-28-30-46-56(47-31-29-27-25-23-21-19-17-15-13-11-9-7-5-2)54-42-40-52(41-43-54)37-36-50-32-34-51(35-33-50)38-39-53-44-48-55(3)49-45-53;1-5-6(2,3)4/h32-45,48-49H,4-31,46-47H2,1-3H3;1H3,(H,2,3,4)/q+1;/p-1. The first-order valence-electron chi connectivity index (χ1n) is 25.0. The normalized spacial score (nSPS) is 11.7. The number of aromatic nitrogens is 1. The van der Waals surface area contributed by atoms with Gasteiger partial charge >= 0.3 is 0 Å². The van der Waals surface area contributed by atoms with Gasteiger partial charge < -0.3 is 9.45 Å². The van der Waals surface area contributed by atoms with Crippen LogP contribution < -0.4 is 9.47 Å². The minimum atomic E-state index is -4.41. The molecule has 0 spiro atoms. The van der Waals surface area contributed by atoms with Gasteiger partial charge in [0.2, 0.25) is 10.4 Å². The molecule has 0 aliphatic heterocycles. The molecule has 7 heteroatoms. The number of rotatable bonds is 36. The highest BCUT2D eigenvalue weighted by molar-refractivity contribution is 7.80. The van der Waals surface area contributed by atoms with E-state index in [4.69, 9.17) is 0 Å². The molecule has 0 saturated carbocycles. The second-order valence-corrected chi connectivity index (χ2v) is 18.6. The summed E-state index contributed by atoms with van der Waals surface area (Å²) < 4.78 is 33.1. The van der Waals surface area contributed by atoms with Gasteiger partial charge in [0.1, 0.15) is 7.05 Å². The maximum Gasteiger partial charge on any atom is 0.217 e. The number of unbranched alkanes of at least 4 members (excludes halogenated alkanes) is 26. The number of aryl methyl sites for hydroxylation is 1. The van der Waals surface area contributed by atoms with E-state index in [1.807, 2.05) is 7.05 Å². The van der Waals surface area contributed by atoms with E-state index in [1.165, 1.54) is 221 Å². The average Bonchev–Trinajstić information content (AvgIpc) is 3.28. The predicted molar refractivity (Wildman–Crippen MR) is 268 cm³/mol. The van der Waals surface area contributed by atoms with Gasteiger partial charge in [-0.1, -0.05) is 241 Å². The molecule has 0 amide bonds. The van der Waals surface area contributed by atoms with Crippen molar-refractivity contribution in [2.45, 2.75) is 194 Å². The molecule has 0 saturated heterocycles. The van der Waals surface area contributed by atoms with Gasteiger partial charge in [-0.15, -0.1) is 0 Å². The Morgan fingerprint density at radius 2 is 0.694 bits per heavy atom. The average molecular weight is 873 g/mol. The first kappa shape index (κ1) is 54.9. The van der Waals surface area contributed by atoms with Crippen LogP contribution in [0.15, 0.2) is 73.1 Å². The van der Waals surface area contributed by atoms with Crippen LogP contribution in [-0.2, 0) is 21.6 Å². The molecule has 0 aliphatic rings. The largest absolute Gasteiger partial charge is 0.726 e. The molecule has 1 aromatic heterocycles. The van der Waals surface area contributed by atoms with Gasteiger partial charge in [0.15, 0.2) is 12.4 Å². The van der Waals surface area contributed by atoms with Crippen LogP contribution in [0.5, 0.6) is 0 Å². The molecule has 3 aromatic rings. The third kappa shape index (κ3) is 30.7. The summed E-state index contributed by atoms with van der Waals surface area (Å²) in [7, 11) is -1.56. The first-order valence-corrected chi connectivity index (χ1v) is 26.4. The summed E-state index contributed by atoms with van der Waals surface area (Å²) in [6.45, 7) is 7.00. The van der Waals surface area contributed by atoms with Gasteiger partial charge in [0, 0.05) is 30.9 Å². The molecule has 6 nitrogen and oxygen atoms in total. The summed E-state index contributed by atoms with van der Waals surface area (Å²) in [6.07, 6.45) is 52.7. The lowest BCUT2D eigenvalue weighted by Crippen LogP contribution is -2.25. The van der Waals surface area contributed by atoms with Crippen LogP contribution in [0.1, 0.15) is 216 Å². The molecule has 0 aliphatic carbocycles. The van der Waals surface area contributed by atoms with E-state index in [2.05, 4.69) is 125 Å². The summed E-state index contributed by atoms with van der Waals surface area (Å²) in [5.41, 5.74) is 6.33. The molecule has 348 valence electrons. The minimum Gasteiger partial charge on any atom is -0.726 e. The molecule has 0 radical (unpaired) electrons. The van der Waals surface area contributed by atoms with Gasteiger partial charge in [0.25, 0.3) is 0 Å². The molecule has 0 fully saturated rings. The number of benzene rings is 2. The first-order chi connectivity index (χ1) is 30.2. The summed E-state index contributed by atoms with van der Waals surface area (Å²) >= 11 is 0. The van der Waals surface area contributed by atoms with Gasteiger partial charge in [-0.05, 0) is 47.2 Å². The van der Waals surface area contributed by atoms with E-state index >= 15 is 0 Å². The fourth-order valence-corrected chi connectivity index (χ4v) is 7.89. The second kappa shape index (κ2) is 37.1. The fourth-order valence-electron chi connectivity index (χ4n) is 7.89. The molecule has 1 heterocycles. The molecule has 2 aromatic carbocycles. The van der Waals surface area contributed by atoms with Crippen molar-refractivity contribution in [2.24, 2.45) is 7.05 Å². The molecular weight excluding hydrogens is 785 g/mol. The molecule has 0 unspecified atom stereocenters. The molecule has 62 heavy (non-hydrogen) atoms. The SMILES string of the molecule is CCCCCCCCCCCCCCCCN(CCCCCCCCCCCCCCCC)c1ccc(C=Cc2ccc(C=Cc3cc[n+](C)cc3)cc2)cc1.COS(=O)(=O)[O-]. The zero-order valence-corrected chi connectivity index (χ0v) is 40.7. The zero-order chi connectivity index (χ0) is 44.8. The Balaban J connectivity index is 0.00000205. The van der Waals surface area contributed by atoms with Crippen LogP contribution >= 0.6 is 0 Å². The Labute approximate surface area is 381 Å². The molecule has 3 rings (SSSR count). The fraction of sp³-hybridized carbons (Fsp3) is 0.618. The van der Waals surface area contributed by atoms with E-state index < -0.39 is 10.4 Å². The smallest absolute Gasteiger partial charge is 0.217 e.